The molecule has 0 aliphatic carbocycles. The summed E-state index contributed by atoms with van der Waals surface area (Å²) in [7, 11) is 0. The van der Waals surface area contributed by atoms with Gasteiger partial charge in [0, 0.05) is 42.8 Å². The molecule has 148 valence electrons. The van der Waals surface area contributed by atoms with Crippen LogP contribution in [0.2, 0.25) is 0 Å². The molecule has 0 saturated carbocycles. The van der Waals surface area contributed by atoms with Crippen LogP contribution < -0.4 is 16.0 Å². The van der Waals surface area contributed by atoms with E-state index >= 15 is 0 Å². The molecule has 2 aromatic rings. The number of benzene rings is 1. The van der Waals surface area contributed by atoms with E-state index in [1.807, 2.05) is 19.9 Å². The van der Waals surface area contributed by atoms with E-state index < -0.39 is 0 Å². The van der Waals surface area contributed by atoms with E-state index in [4.69, 9.17) is 4.74 Å². The quantitative estimate of drug-likeness (QED) is 0.716. The predicted octanol–water partition coefficient (Wildman–Crippen LogP) is 2.93. The van der Waals surface area contributed by atoms with E-state index in [1.54, 1.807) is 30.5 Å². The third-order valence-corrected chi connectivity index (χ3v) is 4.71. The third kappa shape index (κ3) is 5.53. The summed E-state index contributed by atoms with van der Waals surface area (Å²) in [5.74, 6) is -0.145. The SMILES string of the molecule is Cc1cc(C)c(CNC(=O)Nc2ccc(C(=O)NCC3CCCO3)cc2)cn1. The summed E-state index contributed by atoms with van der Waals surface area (Å²) in [6.45, 7) is 5.61. The number of carbonyl (C=O) groups is 2. The number of aryl methyl sites for hydroxylation is 2. The Kier molecular flexibility index (Phi) is 6.60. The van der Waals surface area contributed by atoms with Crippen LogP contribution in [0.1, 0.15) is 40.0 Å². The molecule has 2 heterocycles. The number of nitrogens with zero attached hydrogens (tertiary/aromatic N) is 1. The van der Waals surface area contributed by atoms with E-state index in [0.29, 0.717) is 24.3 Å². The highest BCUT2D eigenvalue weighted by Crippen LogP contribution is 2.13. The number of amides is 3. The molecule has 0 bridgehead atoms. The first-order valence-electron chi connectivity index (χ1n) is 9.48. The van der Waals surface area contributed by atoms with Gasteiger partial charge in [0.25, 0.3) is 5.91 Å². The average Bonchev–Trinajstić information content (AvgIpc) is 3.19. The van der Waals surface area contributed by atoms with Crippen molar-refractivity contribution in [1.82, 2.24) is 15.6 Å². The largest absolute Gasteiger partial charge is 0.376 e. The minimum Gasteiger partial charge on any atom is -0.376 e. The molecule has 1 fully saturated rings. The van der Waals surface area contributed by atoms with E-state index in [9.17, 15) is 9.59 Å². The Morgan fingerprint density at radius 3 is 2.64 bits per heavy atom. The van der Waals surface area contributed by atoms with Crippen molar-refractivity contribution in [2.75, 3.05) is 18.5 Å². The molecular weight excluding hydrogens is 356 g/mol. The van der Waals surface area contributed by atoms with Gasteiger partial charge in [-0.05, 0) is 68.1 Å². The Bertz CT molecular complexity index is 830. The molecule has 0 radical (unpaired) electrons. The van der Waals surface area contributed by atoms with Crippen molar-refractivity contribution in [1.29, 1.82) is 0 Å². The molecule has 7 heteroatoms. The van der Waals surface area contributed by atoms with Crippen LogP contribution in [0.15, 0.2) is 36.5 Å². The summed E-state index contributed by atoms with van der Waals surface area (Å²) in [6, 6.07) is 8.47. The number of ether oxygens (including phenoxy) is 1. The summed E-state index contributed by atoms with van der Waals surface area (Å²) in [5.41, 5.74) is 4.17. The van der Waals surface area contributed by atoms with Gasteiger partial charge in [-0.2, -0.15) is 0 Å². The highest BCUT2D eigenvalue weighted by atomic mass is 16.5. The second-order valence-corrected chi connectivity index (χ2v) is 6.98. The first kappa shape index (κ1) is 19.8. The molecule has 28 heavy (non-hydrogen) atoms. The number of aromatic nitrogens is 1. The number of rotatable bonds is 6. The number of anilines is 1. The van der Waals surface area contributed by atoms with Gasteiger partial charge in [-0.15, -0.1) is 0 Å². The summed E-state index contributed by atoms with van der Waals surface area (Å²) in [4.78, 5) is 28.5. The average molecular weight is 382 g/mol. The number of pyridine rings is 1. The first-order valence-corrected chi connectivity index (χ1v) is 9.48. The molecule has 1 unspecified atom stereocenters. The van der Waals surface area contributed by atoms with Gasteiger partial charge >= 0.3 is 6.03 Å². The normalized spacial score (nSPS) is 15.9. The molecule has 1 aromatic heterocycles. The summed E-state index contributed by atoms with van der Waals surface area (Å²) < 4.78 is 5.50. The first-order chi connectivity index (χ1) is 13.5. The Balaban J connectivity index is 1.46. The van der Waals surface area contributed by atoms with Gasteiger partial charge in [-0.3, -0.25) is 9.78 Å². The number of carbonyl (C=O) groups excluding carboxylic acids is 2. The number of hydrogen-bond donors (Lipinski definition) is 3. The molecule has 7 nitrogen and oxygen atoms in total. The monoisotopic (exact) mass is 382 g/mol. The lowest BCUT2D eigenvalue weighted by Gasteiger charge is -2.12. The third-order valence-electron chi connectivity index (χ3n) is 4.71. The van der Waals surface area contributed by atoms with Crippen LogP contribution in [-0.4, -0.2) is 36.2 Å². The van der Waals surface area contributed by atoms with Gasteiger partial charge < -0.3 is 20.7 Å². The van der Waals surface area contributed by atoms with Gasteiger partial charge in [-0.1, -0.05) is 0 Å². The minimum atomic E-state index is -0.310. The molecule has 1 aromatic carbocycles. The molecule has 1 aliphatic heterocycles. The maximum atomic E-state index is 12.2. The fourth-order valence-electron chi connectivity index (χ4n) is 3.08. The highest BCUT2D eigenvalue weighted by Gasteiger charge is 2.16. The van der Waals surface area contributed by atoms with Crippen LogP contribution in [0.5, 0.6) is 0 Å². The zero-order valence-corrected chi connectivity index (χ0v) is 16.2. The number of hydrogen-bond acceptors (Lipinski definition) is 4. The molecule has 1 aliphatic rings. The van der Waals surface area contributed by atoms with Crippen LogP contribution in [-0.2, 0) is 11.3 Å². The molecule has 3 amide bonds. The summed E-state index contributed by atoms with van der Waals surface area (Å²) in [6.07, 6.45) is 3.91. The lowest BCUT2D eigenvalue weighted by atomic mass is 10.1. The number of nitrogens with one attached hydrogen (secondary N) is 3. The standard InChI is InChI=1S/C21H26N4O3/c1-14-10-15(2)22-11-17(14)12-24-21(27)25-18-7-5-16(6-8-18)20(26)23-13-19-4-3-9-28-19/h5-8,10-11,19H,3-4,9,12-13H2,1-2H3,(H,23,26)(H2,24,25,27). The fraction of sp³-hybridized carbons (Fsp3) is 0.381. The Hall–Kier alpha value is -2.93. The smallest absolute Gasteiger partial charge is 0.319 e. The molecule has 1 saturated heterocycles. The summed E-state index contributed by atoms with van der Waals surface area (Å²) >= 11 is 0. The molecular formula is C21H26N4O3. The molecule has 1 atom stereocenters. The lowest BCUT2D eigenvalue weighted by Crippen LogP contribution is -2.31. The van der Waals surface area contributed by atoms with Gasteiger partial charge in [0.15, 0.2) is 0 Å². The maximum Gasteiger partial charge on any atom is 0.319 e. The van der Waals surface area contributed by atoms with Gasteiger partial charge in [-0.25, -0.2) is 4.79 Å². The highest BCUT2D eigenvalue weighted by molar-refractivity contribution is 5.95. The Morgan fingerprint density at radius 2 is 1.96 bits per heavy atom. The number of urea groups is 1. The van der Waals surface area contributed by atoms with Crippen molar-refractivity contribution >= 4 is 17.6 Å². The van der Waals surface area contributed by atoms with Crippen LogP contribution in [0, 0.1) is 13.8 Å². The van der Waals surface area contributed by atoms with Gasteiger partial charge in [0.1, 0.15) is 0 Å². The molecule has 3 rings (SSSR count). The maximum absolute atomic E-state index is 12.2. The van der Waals surface area contributed by atoms with Crippen LogP contribution in [0.4, 0.5) is 10.5 Å². The minimum absolute atomic E-state index is 0.112. The van der Waals surface area contributed by atoms with E-state index in [-0.39, 0.29) is 18.0 Å². The van der Waals surface area contributed by atoms with Crippen LogP contribution in [0.25, 0.3) is 0 Å². The van der Waals surface area contributed by atoms with E-state index in [2.05, 4.69) is 20.9 Å². The van der Waals surface area contributed by atoms with Crippen molar-refractivity contribution < 1.29 is 14.3 Å². The van der Waals surface area contributed by atoms with Crippen molar-refractivity contribution in [3.63, 3.8) is 0 Å². The molecule has 0 spiro atoms. The van der Waals surface area contributed by atoms with Crippen molar-refractivity contribution in [2.24, 2.45) is 0 Å². The van der Waals surface area contributed by atoms with Gasteiger partial charge in [0.2, 0.25) is 0 Å². The fourth-order valence-corrected chi connectivity index (χ4v) is 3.08. The predicted molar refractivity (Wildman–Crippen MR) is 107 cm³/mol. The van der Waals surface area contributed by atoms with Crippen LogP contribution in [0.3, 0.4) is 0 Å². The van der Waals surface area contributed by atoms with E-state index in [0.717, 1.165) is 36.3 Å². The second-order valence-electron chi connectivity index (χ2n) is 6.98. The topological polar surface area (TPSA) is 92.4 Å². The Morgan fingerprint density at radius 1 is 1.18 bits per heavy atom. The van der Waals surface area contributed by atoms with Crippen molar-refractivity contribution in [3.8, 4) is 0 Å². The lowest BCUT2D eigenvalue weighted by molar-refractivity contribution is 0.0858. The Labute approximate surface area is 164 Å². The second kappa shape index (κ2) is 9.32. The van der Waals surface area contributed by atoms with Crippen molar-refractivity contribution in [2.45, 2.75) is 39.3 Å². The van der Waals surface area contributed by atoms with Gasteiger partial charge in [0.05, 0.1) is 6.10 Å². The zero-order valence-electron chi connectivity index (χ0n) is 16.2. The van der Waals surface area contributed by atoms with E-state index in [1.165, 1.54) is 0 Å². The van der Waals surface area contributed by atoms with Crippen LogP contribution >= 0.6 is 0 Å². The summed E-state index contributed by atoms with van der Waals surface area (Å²) in [5, 5.41) is 8.46. The molecule has 3 N–H and O–H groups in total. The zero-order chi connectivity index (χ0) is 19.9. The van der Waals surface area contributed by atoms with Crippen molar-refractivity contribution in [3.05, 3.63) is 58.9 Å².